The van der Waals surface area contributed by atoms with E-state index in [1.807, 2.05) is 0 Å². The molecule has 0 spiro atoms. The molecule has 0 aromatic heterocycles. The van der Waals surface area contributed by atoms with Crippen molar-refractivity contribution >= 4 is 45.7 Å². The highest BCUT2D eigenvalue weighted by molar-refractivity contribution is 6.31. The lowest BCUT2D eigenvalue weighted by Gasteiger charge is -2.19. The number of hydrogen-bond donors (Lipinski definition) is 2. The minimum atomic E-state index is -0.319. The first-order valence-corrected chi connectivity index (χ1v) is 10.4. The van der Waals surface area contributed by atoms with Crippen molar-refractivity contribution < 1.29 is 9.59 Å². The van der Waals surface area contributed by atoms with Crippen LogP contribution in [0.25, 0.3) is 0 Å². The number of nitrogens with two attached hydrogens (primary N) is 2. The molecule has 0 saturated carbocycles. The summed E-state index contributed by atoms with van der Waals surface area (Å²) in [5, 5.41) is 16.9. The van der Waals surface area contributed by atoms with Gasteiger partial charge < -0.3 is 11.5 Å². The molecule has 164 valence electrons. The molecule has 1 aliphatic rings. The maximum atomic E-state index is 13.4. The number of nitrogens with zero attached hydrogens (tertiary/aromatic N) is 4. The molecule has 4 N–H and O–H groups in total. The van der Waals surface area contributed by atoms with Crippen LogP contribution < -0.4 is 11.5 Å². The highest BCUT2D eigenvalue weighted by Gasteiger charge is 2.33. The summed E-state index contributed by atoms with van der Waals surface area (Å²) in [5.74, 6) is -0.637. The fraction of sp³-hybridized carbons (Fsp3) is 0. The SMILES string of the molecule is Nc1ccc(N=Nc2cccc3c2C(=O)c2cccc(N=Nc4ccc(N)cc4)c2C3=O)cc1. The first kappa shape index (κ1) is 20.9. The smallest absolute Gasteiger partial charge is 0.196 e. The van der Waals surface area contributed by atoms with Gasteiger partial charge in [-0.15, -0.1) is 10.2 Å². The second-order valence-electron chi connectivity index (χ2n) is 7.64. The third-order valence-electron chi connectivity index (χ3n) is 5.36. The molecule has 4 aromatic carbocycles. The molecule has 34 heavy (non-hydrogen) atoms. The summed E-state index contributed by atoms with van der Waals surface area (Å²) in [4.78, 5) is 26.9. The molecule has 0 bridgehead atoms. The molecule has 5 rings (SSSR count). The molecule has 0 unspecified atom stereocenters. The van der Waals surface area contributed by atoms with E-state index in [1.165, 1.54) is 0 Å². The van der Waals surface area contributed by atoms with Crippen molar-refractivity contribution in [2.45, 2.75) is 0 Å². The number of rotatable bonds is 4. The summed E-state index contributed by atoms with van der Waals surface area (Å²) < 4.78 is 0. The lowest BCUT2D eigenvalue weighted by molar-refractivity contribution is 0.0980. The van der Waals surface area contributed by atoms with Crippen molar-refractivity contribution in [1.82, 2.24) is 0 Å². The van der Waals surface area contributed by atoms with Gasteiger partial charge in [0, 0.05) is 22.5 Å². The van der Waals surface area contributed by atoms with Crippen LogP contribution in [0.15, 0.2) is 105 Å². The number of hydrogen-bond acceptors (Lipinski definition) is 8. The molecule has 0 radical (unpaired) electrons. The molecule has 4 aromatic rings. The van der Waals surface area contributed by atoms with Crippen molar-refractivity contribution in [2.75, 3.05) is 11.5 Å². The molecule has 0 heterocycles. The van der Waals surface area contributed by atoms with Crippen LogP contribution in [-0.2, 0) is 0 Å². The van der Waals surface area contributed by atoms with Crippen molar-refractivity contribution in [1.29, 1.82) is 0 Å². The van der Waals surface area contributed by atoms with Gasteiger partial charge in [0.1, 0.15) is 0 Å². The van der Waals surface area contributed by atoms with Gasteiger partial charge in [0.15, 0.2) is 11.6 Å². The molecule has 0 saturated heterocycles. The molecular formula is C26H18N6O2. The van der Waals surface area contributed by atoms with Crippen LogP contribution >= 0.6 is 0 Å². The lowest BCUT2D eigenvalue weighted by Crippen LogP contribution is -2.21. The third kappa shape index (κ3) is 3.84. The summed E-state index contributed by atoms with van der Waals surface area (Å²) in [6.07, 6.45) is 0. The molecule has 0 fully saturated rings. The largest absolute Gasteiger partial charge is 0.399 e. The Bertz CT molecular complexity index is 1370. The zero-order valence-electron chi connectivity index (χ0n) is 17.8. The van der Waals surface area contributed by atoms with Crippen molar-refractivity contribution in [2.24, 2.45) is 20.5 Å². The third-order valence-corrected chi connectivity index (χ3v) is 5.36. The van der Waals surface area contributed by atoms with Gasteiger partial charge in [-0.25, -0.2) is 0 Å². The number of benzene rings is 4. The van der Waals surface area contributed by atoms with Crippen LogP contribution in [0, 0.1) is 0 Å². The molecule has 8 nitrogen and oxygen atoms in total. The second kappa shape index (κ2) is 8.51. The van der Waals surface area contributed by atoms with Crippen LogP contribution in [0.2, 0.25) is 0 Å². The Kier molecular flexibility index (Phi) is 5.23. The Hall–Kier alpha value is -4.98. The molecule has 0 atom stereocenters. The summed E-state index contributed by atoms with van der Waals surface area (Å²) in [5.41, 5.74) is 15.3. The summed E-state index contributed by atoms with van der Waals surface area (Å²) in [6, 6.07) is 23.6. The standard InChI is InChI=1S/C26H18N6O2/c27-15-7-11-17(12-8-15)29-31-21-5-1-3-19-23(21)26(34)20-4-2-6-22(24(20)25(19)33)32-30-18-13-9-16(28)10-14-18/h1-14H,27-28H2. The molecule has 0 amide bonds. The number of ketones is 2. The maximum Gasteiger partial charge on any atom is 0.196 e. The topological polar surface area (TPSA) is 136 Å². The highest BCUT2D eigenvalue weighted by atomic mass is 16.1. The van der Waals surface area contributed by atoms with E-state index in [-0.39, 0.29) is 33.8 Å². The Balaban J connectivity index is 1.54. The van der Waals surface area contributed by atoms with Gasteiger partial charge in [-0.2, -0.15) is 10.2 Å². The minimum Gasteiger partial charge on any atom is -0.399 e. The van der Waals surface area contributed by atoms with Gasteiger partial charge in [0.05, 0.1) is 33.9 Å². The molecular weight excluding hydrogens is 428 g/mol. The number of carbonyl (C=O) groups is 2. The van der Waals surface area contributed by atoms with Gasteiger partial charge in [0.2, 0.25) is 0 Å². The van der Waals surface area contributed by atoms with Gasteiger partial charge in [-0.05, 0) is 60.7 Å². The van der Waals surface area contributed by atoms with E-state index in [9.17, 15) is 9.59 Å². The highest BCUT2D eigenvalue weighted by Crippen LogP contribution is 2.38. The number of anilines is 2. The van der Waals surface area contributed by atoms with Crippen LogP contribution in [-0.4, -0.2) is 11.6 Å². The first-order chi connectivity index (χ1) is 16.5. The molecule has 1 aliphatic carbocycles. The van der Waals surface area contributed by atoms with Crippen LogP contribution in [0.5, 0.6) is 0 Å². The predicted molar refractivity (Wildman–Crippen MR) is 130 cm³/mol. The van der Waals surface area contributed by atoms with E-state index in [0.29, 0.717) is 34.1 Å². The number of nitrogen functional groups attached to an aromatic ring is 2. The Morgan fingerprint density at radius 3 is 1.24 bits per heavy atom. The van der Waals surface area contributed by atoms with Crippen LogP contribution in [0.3, 0.4) is 0 Å². The Morgan fingerprint density at radius 1 is 0.471 bits per heavy atom. The van der Waals surface area contributed by atoms with E-state index < -0.39 is 0 Å². The van der Waals surface area contributed by atoms with E-state index in [2.05, 4.69) is 20.5 Å². The Morgan fingerprint density at radius 2 is 0.853 bits per heavy atom. The van der Waals surface area contributed by atoms with Crippen LogP contribution in [0.4, 0.5) is 34.1 Å². The monoisotopic (exact) mass is 446 g/mol. The average Bonchev–Trinajstić information content (AvgIpc) is 2.86. The molecule has 0 aliphatic heterocycles. The first-order valence-electron chi connectivity index (χ1n) is 10.4. The van der Waals surface area contributed by atoms with Crippen molar-refractivity contribution in [3.63, 3.8) is 0 Å². The van der Waals surface area contributed by atoms with E-state index in [4.69, 9.17) is 11.5 Å². The van der Waals surface area contributed by atoms with Crippen molar-refractivity contribution in [3.05, 3.63) is 107 Å². The number of carbonyl (C=O) groups excluding carboxylic acids is 2. The zero-order valence-corrected chi connectivity index (χ0v) is 17.8. The lowest BCUT2D eigenvalue weighted by atomic mass is 9.82. The van der Waals surface area contributed by atoms with Crippen molar-refractivity contribution in [3.8, 4) is 0 Å². The van der Waals surface area contributed by atoms with E-state index in [0.717, 1.165) is 0 Å². The maximum absolute atomic E-state index is 13.4. The fourth-order valence-electron chi connectivity index (χ4n) is 3.68. The van der Waals surface area contributed by atoms with E-state index >= 15 is 0 Å². The zero-order chi connectivity index (χ0) is 23.7. The number of azo groups is 2. The second-order valence-corrected chi connectivity index (χ2v) is 7.64. The van der Waals surface area contributed by atoms with Gasteiger partial charge in [-0.1, -0.05) is 24.3 Å². The Labute approximate surface area is 194 Å². The fourth-order valence-corrected chi connectivity index (χ4v) is 3.68. The van der Waals surface area contributed by atoms with Crippen LogP contribution in [0.1, 0.15) is 31.8 Å². The molecule has 8 heteroatoms. The normalized spacial score (nSPS) is 12.8. The average molecular weight is 446 g/mol. The summed E-state index contributed by atoms with van der Waals surface area (Å²) >= 11 is 0. The summed E-state index contributed by atoms with van der Waals surface area (Å²) in [7, 11) is 0. The van der Waals surface area contributed by atoms with E-state index in [1.54, 1.807) is 84.9 Å². The quantitative estimate of drug-likeness (QED) is 0.242. The van der Waals surface area contributed by atoms with Gasteiger partial charge in [0.25, 0.3) is 0 Å². The predicted octanol–water partition coefficient (Wildman–Crippen LogP) is 6.46. The summed E-state index contributed by atoms with van der Waals surface area (Å²) in [6.45, 7) is 0. The minimum absolute atomic E-state index is 0.215. The van der Waals surface area contributed by atoms with Gasteiger partial charge in [-0.3, -0.25) is 9.59 Å². The number of fused-ring (bicyclic) bond motifs is 2. The van der Waals surface area contributed by atoms with Gasteiger partial charge >= 0.3 is 0 Å².